The highest BCUT2D eigenvalue weighted by molar-refractivity contribution is 5.79. The van der Waals surface area contributed by atoms with Crippen LogP contribution in [-0.2, 0) is 20.9 Å². The van der Waals surface area contributed by atoms with Crippen LogP contribution in [0.2, 0.25) is 0 Å². The van der Waals surface area contributed by atoms with Gasteiger partial charge in [0.2, 0.25) is 0 Å². The van der Waals surface area contributed by atoms with Crippen LogP contribution in [0.4, 0.5) is 9.59 Å². The molecule has 0 bridgehead atoms. The van der Waals surface area contributed by atoms with E-state index in [1.54, 1.807) is 4.90 Å². The number of carboxylic acid groups (broad SMARTS) is 1. The molecule has 0 aromatic heterocycles. The molecule has 0 aliphatic carbocycles. The fourth-order valence-electron chi connectivity index (χ4n) is 2.68. The number of amides is 2. The highest BCUT2D eigenvalue weighted by Crippen LogP contribution is 2.13. The number of carbonyl (C=O) groups is 3. The van der Waals surface area contributed by atoms with Gasteiger partial charge >= 0.3 is 18.2 Å². The predicted octanol–water partition coefficient (Wildman–Crippen LogP) is 4.18. The van der Waals surface area contributed by atoms with Gasteiger partial charge in [-0.2, -0.15) is 0 Å². The molecule has 2 amide bonds. The van der Waals surface area contributed by atoms with Gasteiger partial charge in [-0.3, -0.25) is 0 Å². The van der Waals surface area contributed by atoms with Crippen molar-refractivity contribution in [2.45, 2.75) is 78.2 Å². The number of aliphatic carboxylic acids is 1. The Morgan fingerprint density at radius 1 is 1.10 bits per heavy atom. The van der Waals surface area contributed by atoms with E-state index in [1.807, 2.05) is 65.0 Å². The number of rotatable bonds is 10. The lowest BCUT2D eigenvalue weighted by Gasteiger charge is -2.30. The Balaban J connectivity index is 2.45. The van der Waals surface area contributed by atoms with E-state index in [0.29, 0.717) is 19.4 Å². The number of carboxylic acids is 1. The van der Waals surface area contributed by atoms with Gasteiger partial charge in [0.1, 0.15) is 18.2 Å². The number of benzene rings is 1. The zero-order chi connectivity index (χ0) is 22.7. The van der Waals surface area contributed by atoms with Crippen molar-refractivity contribution < 1.29 is 29.0 Å². The molecule has 30 heavy (non-hydrogen) atoms. The molecule has 0 aliphatic heterocycles. The standard InChI is InChI=1S/C22H34N2O6/c1-16(2)24(21(28)30-22(3,4)5)14-10-9-13-18(19(25)26)23-20(27)29-15-17-11-7-6-8-12-17/h6-8,11-12,16,18H,9-10,13-15H2,1-5H3,(H,23,27)(H,25,26)/t18-/m0/s1. The van der Waals surface area contributed by atoms with E-state index in [0.717, 1.165) is 5.56 Å². The maximum Gasteiger partial charge on any atom is 0.410 e. The summed E-state index contributed by atoms with van der Waals surface area (Å²) in [5, 5.41) is 11.8. The number of nitrogens with zero attached hydrogens (tertiary/aromatic N) is 1. The van der Waals surface area contributed by atoms with Gasteiger partial charge in [0.15, 0.2) is 0 Å². The average Bonchev–Trinajstić information content (AvgIpc) is 2.64. The summed E-state index contributed by atoms with van der Waals surface area (Å²) in [6.07, 6.45) is 0.165. The smallest absolute Gasteiger partial charge is 0.410 e. The van der Waals surface area contributed by atoms with Crippen molar-refractivity contribution in [3.8, 4) is 0 Å². The first kappa shape index (κ1) is 25.3. The average molecular weight is 423 g/mol. The van der Waals surface area contributed by atoms with Crippen LogP contribution < -0.4 is 5.32 Å². The molecule has 168 valence electrons. The topological polar surface area (TPSA) is 105 Å². The van der Waals surface area contributed by atoms with E-state index >= 15 is 0 Å². The quantitative estimate of drug-likeness (QED) is 0.548. The molecule has 0 aliphatic rings. The Bertz CT molecular complexity index is 685. The second kappa shape index (κ2) is 12.0. The van der Waals surface area contributed by atoms with E-state index in [1.165, 1.54) is 0 Å². The van der Waals surface area contributed by atoms with Crippen molar-refractivity contribution in [2.24, 2.45) is 0 Å². The molecule has 8 heteroatoms. The highest BCUT2D eigenvalue weighted by atomic mass is 16.6. The van der Waals surface area contributed by atoms with Gasteiger partial charge in [0, 0.05) is 12.6 Å². The first-order chi connectivity index (χ1) is 14.0. The fourth-order valence-corrected chi connectivity index (χ4v) is 2.68. The summed E-state index contributed by atoms with van der Waals surface area (Å²) in [6.45, 7) is 9.73. The van der Waals surface area contributed by atoms with Crippen LogP contribution in [0.15, 0.2) is 30.3 Å². The van der Waals surface area contributed by atoms with Crippen molar-refractivity contribution in [1.82, 2.24) is 10.2 Å². The molecule has 0 fully saturated rings. The number of hydrogen-bond donors (Lipinski definition) is 2. The molecule has 0 spiro atoms. The van der Waals surface area contributed by atoms with Crippen molar-refractivity contribution >= 4 is 18.2 Å². The molecule has 1 atom stereocenters. The zero-order valence-electron chi connectivity index (χ0n) is 18.5. The van der Waals surface area contributed by atoms with Crippen LogP contribution in [0, 0.1) is 0 Å². The Morgan fingerprint density at radius 3 is 2.27 bits per heavy atom. The van der Waals surface area contributed by atoms with E-state index in [9.17, 15) is 19.5 Å². The van der Waals surface area contributed by atoms with Gasteiger partial charge in [0.05, 0.1) is 0 Å². The summed E-state index contributed by atoms with van der Waals surface area (Å²) < 4.78 is 10.5. The Labute approximate surface area is 178 Å². The molecule has 1 aromatic rings. The van der Waals surface area contributed by atoms with E-state index < -0.39 is 29.8 Å². The molecule has 0 heterocycles. The lowest BCUT2D eigenvalue weighted by molar-refractivity contribution is -0.139. The van der Waals surface area contributed by atoms with Gasteiger partial charge in [-0.05, 0) is 59.4 Å². The summed E-state index contributed by atoms with van der Waals surface area (Å²) in [4.78, 5) is 37.3. The van der Waals surface area contributed by atoms with E-state index in [2.05, 4.69) is 5.32 Å². The van der Waals surface area contributed by atoms with E-state index in [4.69, 9.17) is 9.47 Å². The minimum absolute atomic E-state index is 0.0405. The normalized spacial score (nSPS) is 12.2. The SMILES string of the molecule is CC(C)N(CCCC[C@H](NC(=O)OCc1ccccc1)C(=O)O)C(=O)OC(C)(C)C. The van der Waals surface area contributed by atoms with Gasteiger partial charge < -0.3 is 24.8 Å². The van der Waals surface area contributed by atoms with E-state index in [-0.39, 0.29) is 19.1 Å². The first-order valence-electron chi connectivity index (χ1n) is 10.2. The van der Waals surface area contributed by atoms with Crippen molar-refractivity contribution in [1.29, 1.82) is 0 Å². The van der Waals surface area contributed by atoms with Gasteiger partial charge in [-0.15, -0.1) is 0 Å². The van der Waals surface area contributed by atoms with Crippen molar-refractivity contribution in [3.05, 3.63) is 35.9 Å². The molecular weight excluding hydrogens is 388 g/mol. The lowest BCUT2D eigenvalue weighted by atomic mass is 10.1. The first-order valence-corrected chi connectivity index (χ1v) is 10.2. The van der Waals surface area contributed by atoms with Crippen molar-refractivity contribution in [2.75, 3.05) is 6.54 Å². The van der Waals surface area contributed by atoms with Crippen LogP contribution in [0.1, 0.15) is 59.4 Å². The Morgan fingerprint density at radius 2 is 1.73 bits per heavy atom. The summed E-state index contributed by atoms with van der Waals surface area (Å²) in [6, 6.07) is 8.04. The number of unbranched alkanes of at least 4 members (excludes halogenated alkanes) is 1. The fraction of sp³-hybridized carbons (Fsp3) is 0.591. The number of carbonyl (C=O) groups excluding carboxylic acids is 2. The third-order valence-corrected chi connectivity index (χ3v) is 4.20. The largest absolute Gasteiger partial charge is 0.480 e. The second-order valence-corrected chi connectivity index (χ2v) is 8.36. The Kier molecular flexibility index (Phi) is 10.1. The number of nitrogens with one attached hydrogen (secondary N) is 1. The minimum Gasteiger partial charge on any atom is -0.480 e. The maximum absolute atomic E-state index is 12.3. The lowest BCUT2D eigenvalue weighted by Crippen LogP contribution is -2.42. The van der Waals surface area contributed by atoms with Crippen LogP contribution >= 0.6 is 0 Å². The molecule has 0 saturated carbocycles. The third kappa shape index (κ3) is 10.1. The molecule has 0 saturated heterocycles. The number of hydrogen-bond acceptors (Lipinski definition) is 5. The number of ether oxygens (including phenoxy) is 2. The van der Waals surface area contributed by atoms with Crippen LogP contribution in [0.25, 0.3) is 0 Å². The molecule has 8 nitrogen and oxygen atoms in total. The molecular formula is C22H34N2O6. The molecule has 1 aromatic carbocycles. The molecule has 0 radical (unpaired) electrons. The van der Waals surface area contributed by atoms with Crippen LogP contribution in [0.5, 0.6) is 0 Å². The van der Waals surface area contributed by atoms with Gasteiger partial charge in [-0.1, -0.05) is 30.3 Å². The minimum atomic E-state index is -1.13. The molecule has 0 unspecified atom stereocenters. The summed E-state index contributed by atoms with van der Waals surface area (Å²) in [7, 11) is 0. The Hall–Kier alpha value is -2.77. The summed E-state index contributed by atoms with van der Waals surface area (Å²) >= 11 is 0. The number of alkyl carbamates (subject to hydrolysis) is 1. The van der Waals surface area contributed by atoms with Crippen LogP contribution in [0.3, 0.4) is 0 Å². The summed E-state index contributed by atoms with van der Waals surface area (Å²) in [5.74, 6) is -1.13. The van der Waals surface area contributed by atoms with Gasteiger partial charge in [-0.25, -0.2) is 14.4 Å². The van der Waals surface area contributed by atoms with Crippen LogP contribution in [-0.4, -0.2) is 52.4 Å². The molecule has 2 N–H and O–H groups in total. The third-order valence-electron chi connectivity index (χ3n) is 4.20. The monoisotopic (exact) mass is 422 g/mol. The van der Waals surface area contributed by atoms with Gasteiger partial charge in [0.25, 0.3) is 0 Å². The highest BCUT2D eigenvalue weighted by Gasteiger charge is 2.24. The molecule has 1 rings (SSSR count). The second-order valence-electron chi connectivity index (χ2n) is 8.36. The maximum atomic E-state index is 12.3. The summed E-state index contributed by atoms with van der Waals surface area (Å²) in [5.41, 5.74) is 0.235. The van der Waals surface area contributed by atoms with Crippen molar-refractivity contribution in [3.63, 3.8) is 0 Å². The predicted molar refractivity (Wildman–Crippen MR) is 113 cm³/mol. The zero-order valence-corrected chi connectivity index (χ0v) is 18.5.